The molecule has 0 spiro atoms. The second kappa shape index (κ2) is 6.22. The summed E-state index contributed by atoms with van der Waals surface area (Å²) in [6.07, 6.45) is 2.85. The first-order valence-electron chi connectivity index (χ1n) is 7.79. The molecule has 6 heteroatoms. The third-order valence-corrected chi connectivity index (χ3v) is 5.01. The molecule has 0 aromatic rings. The molecule has 0 aromatic carbocycles. The SMILES string of the molecule is CN1CCN(C(=O)NC2CCC(C(=O)O)CC2)CC1(C)C. The summed E-state index contributed by atoms with van der Waals surface area (Å²) in [5.74, 6) is -0.943. The summed E-state index contributed by atoms with van der Waals surface area (Å²) >= 11 is 0. The molecule has 6 nitrogen and oxygen atoms in total. The highest BCUT2D eigenvalue weighted by Gasteiger charge is 2.34. The van der Waals surface area contributed by atoms with Gasteiger partial charge in [0.1, 0.15) is 0 Å². The van der Waals surface area contributed by atoms with E-state index in [1.54, 1.807) is 0 Å². The van der Waals surface area contributed by atoms with Crippen molar-refractivity contribution in [3.05, 3.63) is 0 Å². The van der Waals surface area contributed by atoms with E-state index in [0.717, 1.165) is 32.5 Å². The molecule has 2 amide bonds. The fourth-order valence-electron chi connectivity index (χ4n) is 3.16. The maximum atomic E-state index is 12.4. The molecule has 1 saturated carbocycles. The van der Waals surface area contributed by atoms with Crippen molar-refractivity contribution in [2.24, 2.45) is 5.92 Å². The van der Waals surface area contributed by atoms with Gasteiger partial charge in [0.05, 0.1) is 5.92 Å². The molecule has 1 aliphatic heterocycles. The van der Waals surface area contributed by atoms with E-state index in [0.29, 0.717) is 12.8 Å². The molecular formula is C15H27N3O3. The van der Waals surface area contributed by atoms with Crippen molar-refractivity contribution in [3.8, 4) is 0 Å². The lowest BCUT2D eigenvalue weighted by Gasteiger charge is -2.45. The van der Waals surface area contributed by atoms with Crippen LogP contribution in [0.3, 0.4) is 0 Å². The van der Waals surface area contributed by atoms with Gasteiger partial charge in [0.15, 0.2) is 0 Å². The molecule has 0 bridgehead atoms. The predicted octanol–water partition coefficient (Wildman–Crippen LogP) is 1.37. The van der Waals surface area contributed by atoms with Crippen molar-refractivity contribution in [2.45, 2.75) is 51.1 Å². The molecule has 1 aliphatic carbocycles. The first-order valence-corrected chi connectivity index (χ1v) is 7.79. The fraction of sp³-hybridized carbons (Fsp3) is 0.867. The Morgan fingerprint density at radius 2 is 1.76 bits per heavy atom. The van der Waals surface area contributed by atoms with E-state index in [1.165, 1.54) is 0 Å². The quantitative estimate of drug-likeness (QED) is 0.807. The molecule has 120 valence electrons. The zero-order chi connectivity index (χ0) is 15.6. The van der Waals surface area contributed by atoms with Crippen LogP contribution in [0.25, 0.3) is 0 Å². The summed E-state index contributed by atoms with van der Waals surface area (Å²) in [5.41, 5.74) is -0.00341. The number of urea groups is 1. The van der Waals surface area contributed by atoms with Crippen LogP contribution in [0.1, 0.15) is 39.5 Å². The number of nitrogens with one attached hydrogen (secondary N) is 1. The third kappa shape index (κ3) is 3.87. The largest absolute Gasteiger partial charge is 0.481 e. The second-order valence-electron chi connectivity index (χ2n) is 6.99. The van der Waals surface area contributed by atoms with Gasteiger partial charge >= 0.3 is 12.0 Å². The van der Waals surface area contributed by atoms with Crippen LogP contribution in [-0.2, 0) is 4.79 Å². The third-order valence-electron chi connectivity index (χ3n) is 5.01. The molecule has 2 rings (SSSR count). The molecule has 21 heavy (non-hydrogen) atoms. The van der Waals surface area contributed by atoms with Gasteiger partial charge in [-0.1, -0.05) is 0 Å². The van der Waals surface area contributed by atoms with Crippen molar-refractivity contribution in [1.29, 1.82) is 0 Å². The van der Waals surface area contributed by atoms with Crippen LogP contribution in [0.15, 0.2) is 0 Å². The molecule has 2 fully saturated rings. The summed E-state index contributed by atoms with van der Waals surface area (Å²) in [5, 5.41) is 12.1. The minimum Gasteiger partial charge on any atom is -0.481 e. The number of carbonyl (C=O) groups is 2. The standard InChI is InChI=1S/C15H27N3O3/c1-15(2)10-18(9-8-17(15)3)14(21)16-12-6-4-11(5-7-12)13(19)20/h11-12H,4-10H2,1-3H3,(H,16,21)(H,19,20). The Balaban J connectivity index is 1.81. The normalized spacial score (nSPS) is 30.0. The van der Waals surface area contributed by atoms with Gasteiger partial charge in [-0.15, -0.1) is 0 Å². The number of rotatable bonds is 2. The van der Waals surface area contributed by atoms with E-state index < -0.39 is 5.97 Å². The molecule has 2 N–H and O–H groups in total. The van der Waals surface area contributed by atoms with Gasteiger partial charge in [0.25, 0.3) is 0 Å². The van der Waals surface area contributed by atoms with Crippen LogP contribution in [0.4, 0.5) is 4.79 Å². The van der Waals surface area contributed by atoms with Crippen molar-refractivity contribution < 1.29 is 14.7 Å². The van der Waals surface area contributed by atoms with Crippen LogP contribution < -0.4 is 5.32 Å². The van der Waals surface area contributed by atoms with E-state index in [4.69, 9.17) is 5.11 Å². The number of carboxylic acids is 1. The van der Waals surface area contributed by atoms with Crippen LogP contribution in [0.5, 0.6) is 0 Å². The number of aliphatic carboxylic acids is 1. The van der Waals surface area contributed by atoms with Gasteiger partial charge < -0.3 is 15.3 Å². The van der Waals surface area contributed by atoms with E-state index >= 15 is 0 Å². The van der Waals surface area contributed by atoms with E-state index in [-0.39, 0.29) is 23.5 Å². The first-order chi connectivity index (χ1) is 9.79. The zero-order valence-electron chi connectivity index (χ0n) is 13.3. The number of likely N-dealkylation sites (N-methyl/N-ethyl adjacent to an activating group) is 1. The van der Waals surface area contributed by atoms with E-state index in [2.05, 4.69) is 31.1 Å². The van der Waals surface area contributed by atoms with E-state index in [9.17, 15) is 9.59 Å². The second-order valence-corrected chi connectivity index (χ2v) is 6.99. The van der Waals surface area contributed by atoms with E-state index in [1.807, 2.05) is 4.90 Å². The molecule has 2 aliphatic rings. The molecule has 0 aromatic heterocycles. The van der Waals surface area contributed by atoms with Gasteiger partial charge in [-0.3, -0.25) is 9.69 Å². The van der Waals surface area contributed by atoms with Crippen molar-refractivity contribution in [1.82, 2.24) is 15.1 Å². The average molecular weight is 297 g/mol. The Hall–Kier alpha value is -1.30. The number of piperazine rings is 1. The lowest BCUT2D eigenvalue weighted by atomic mass is 9.86. The average Bonchev–Trinajstić information content (AvgIpc) is 2.42. The molecule has 0 radical (unpaired) electrons. The van der Waals surface area contributed by atoms with Crippen LogP contribution in [0.2, 0.25) is 0 Å². The predicted molar refractivity (Wildman–Crippen MR) is 80.2 cm³/mol. The molecular weight excluding hydrogens is 270 g/mol. The van der Waals surface area contributed by atoms with Gasteiger partial charge in [0, 0.05) is 31.2 Å². The molecule has 0 unspecified atom stereocenters. The van der Waals surface area contributed by atoms with Crippen LogP contribution >= 0.6 is 0 Å². The minimum absolute atomic E-state index is 0.00341. The Morgan fingerprint density at radius 1 is 1.14 bits per heavy atom. The highest BCUT2D eigenvalue weighted by molar-refractivity contribution is 5.75. The zero-order valence-corrected chi connectivity index (χ0v) is 13.3. The number of nitrogens with zero attached hydrogens (tertiary/aromatic N) is 2. The maximum Gasteiger partial charge on any atom is 0.317 e. The van der Waals surface area contributed by atoms with Crippen LogP contribution in [-0.4, -0.2) is 65.2 Å². The number of carbonyl (C=O) groups excluding carboxylic acids is 1. The Bertz CT molecular complexity index is 403. The lowest BCUT2D eigenvalue weighted by molar-refractivity contribution is -0.142. The smallest absolute Gasteiger partial charge is 0.317 e. The Labute approximate surface area is 126 Å². The summed E-state index contributed by atoms with van der Waals surface area (Å²) in [4.78, 5) is 27.4. The van der Waals surface area contributed by atoms with Crippen molar-refractivity contribution in [2.75, 3.05) is 26.7 Å². The van der Waals surface area contributed by atoms with Gasteiger partial charge in [-0.25, -0.2) is 4.79 Å². The van der Waals surface area contributed by atoms with Gasteiger partial charge in [-0.05, 0) is 46.6 Å². The van der Waals surface area contributed by atoms with Crippen LogP contribution in [0, 0.1) is 5.92 Å². The molecule has 1 saturated heterocycles. The maximum absolute atomic E-state index is 12.4. The Kier molecular flexibility index (Phi) is 4.76. The monoisotopic (exact) mass is 297 g/mol. The number of hydrogen-bond donors (Lipinski definition) is 2. The summed E-state index contributed by atoms with van der Waals surface area (Å²) < 4.78 is 0. The highest BCUT2D eigenvalue weighted by Crippen LogP contribution is 2.25. The van der Waals surface area contributed by atoms with Crippen molar-refractivity contribution >= 4 is 12.0 Å². The molecule has 0 atom stereocenters. The van der Waals surface area contributed by atoms with Gasteiger partial charge in [-0.2, -0.15) is 0 Å². The minimum atomic E-state index is -0.708. The Morgan fingerprint density at radius 3 is 2.29 bits per heavy atom. The first kappa shape index (κ1) is 16.1. The number of hydrogen-bond acceptors (Lipinski definition) is 3. The molecule has 1 heterocycles. The summed E-state index contributed by atoms with van der Waals surface area (Å²) in [7, 11) is 2.09. The topological polar surface area (TPSA) is 72.9 Å². The van der Waals surface area contributed by atoms with Gasteiger partial charge in [0.2, 0.25) is 0 Å². The summed E-state index contributed by atoms with van der Waals surface area (Å²) in [6.45, 7) is 6.64. The fourth-order valence-corrected chi connectivity index (χ4v) is 3.16. The van der Waals surface area contributed by atoms with Crippen molar-refractivity contribution in [3.63, 3.8) is 0 Å². The summed E-state index contributed by atoms with van der Waals surface area (Å²) in [6, 6.07) is 0.116. The highest BCUT2D eigenvalue weighted by atomic mass is 16.4. The number of carboxylic acid groups (broad SMARTS) is 1. The lowest BCUT2D eigenvalue weighted by Crippen LogP contribution is -2.61. The number of amides is 2.